The van der Waals surface area contributed by atoms with Gasteiger partial charge in [-0.1, -0.05) is 19.8 Å². The van der Waals surface area contributed by atoms with Crippen LogP contribution in [0.1, 0.15) is 26.2 Å². The predicted molar refractivity (Wildman–Crippen MR) is 79.7 cm³/mol. The number of hydrogen-bond acceptors (Lipinski definition) is 4. The molecular formula is C15H24N2O2. The molecule has 1 rings (SSSR count). The summed E-state index contributed by atoms with van der Waals surface area (Å²) in [6.45, 7) is 2.11. The van der Waals surface area contributed by atoms with E-state index in [1.54, 1.807) is 0 Å². The Morgan fingerprint density at radius 1 is 1.32 bits per heavy atom. The van der Waals surface area contributed by atoms with Gasteiger partial charge in [0.1, 0.15) is 6.04 Å². The number of hydrogen-bond donors (Lipinski definition) is 1. The highest BCUT2D eigenvalue weighted by molar-refractivity contribution is 5.79. The third-order valence-electron chi connectivity index (χ3n) is 3.06. The van der Waals surface area contributed by atoms with Gasteiger partial charge in [0.25, 0.3) is 0 Å². The number of methoxy groups -OCH3 is 1. The van der Waals surface area contributed by atoms with Gasteiger partial charge in [-0.2, -0.15) is 0 Å². The minimum absolute atomic E-state index is 0.204. The van der Waals surface area contributed by atoms with Crippen LogP contribution in [0.3, 0.4) is 0 Å². The van der Waals surface area contributed by atoms with Gasteiger partial charge in [-0.3, -0.25) is 0 Å². The molecule has 0 fully saturated rings. The summed E-state index contributed by atoms with van der Waals surface area (Å²) in [7, 11) is 5.43. The third-order valence-corrected chi connectivity index (χ3v) is 3.06. The van der Waals surface area contributed by atoms with Crippen molar-refractivity contribution in [1.82, 2.24) is 0 Å². The van der Waals surface area contributed by atoms with E-state index < -0.39 is 0 Å². The lowest BCUT2D eigenvalue weighted by Gasteiger charge is -2.18. The van der Waals surface area contributed by atoms with Crippen LogP contribution in [-0.4, -0.2) is 33.2 Å². The van der Waals surface area contributed by atoms with Gasteiger partial charge in [0, 0.05) is 25.5 Å². The predicted octanol–water partition coefficient (Wildman–Crippen LogP) is 2.90. The molecule has 0 bridgehead atoms. The standard InChI is InChI=1S/C15H24N2O2/c1-5-6-7-14(15(18)19-4)16-12-8-10-13(11-9-12)17(2)3/h8-11,14,16H,5-7H2,1-4H3. The van der Waals surface area contributed by atoms with E-state index in [1.165, 1.54) is 7.11 Å². The van der Waals surface area contributed by atoms with Crippen LogP contribution in [0.15, 0.2) is 24.3 Å². The molecule has 0 heterocycles. The van der Waals surface area contributed by atoms with E-state index in [1.807, 2.05) is 43.3 Å². The summed E-state index contributed by atoms with van der Waals surface area (Å²) in [5, 5.41) is 3.24. The quantitative estimate of drug-likeness (QED) is 0.769. The lowest BCUT2D eigenvalue weighted by atomic mass is 10.1. The summed E-state index contributed by atoms with van der Waals surface area (Å²) in [5.74, 6) is -0.204. The maximum absolute atomic E-state index is 11.7. The minimum Gasteiger partial charge on any atom is -0.467 e. The molecule has 0 aliphatic rings. The van der Waals surface area contributed by atoms with E-state index >= 15 is 0 Å². The van der Waals surface area contributed by atoms with Crippen LogP contribution in [0.5, 0.6) is 0 Å². The van der Waals surface area contributed by atoms with E-state index in [4.69, 9.17) is 4.74 Å². The van der Waals surface area contributed by atoms with Gasteiger partial charge in [0.15, 0.2) is 0 Å². The molecule has 0 saturated carbocycles. The van der Waals surface area contributed by atoms with Crippen LogP contribution in [0.4, 0.5) is 11.4 Å². The molecule has 1 aromatic rings. The number of nitrogens with zero attached hydrogens (tertiary/aromatic N) is 1. The third kappa shape index (κ3) is 4.81. The van der Waals surface area contributed by atoms with Crippen LogP contribution < -0.4 is 10.2 Å². The highest BCUT2D eigenvalue weighted by atomic mass is 16.5. The van der Waals surface area contributed by atoms with Crippen molar-refractivity contribution in [1.29, 1.82) is 0 Å². The maximum Gasteiger partial charge on any atom is 0.328 e. The molecule has 1 atom stereocenters. The van der Waals surface area contributed by atoms with Gasteiger partial charge < -0.3 is 15.0 Å². The molecule has 4 nitrogen and oxygen atoms in total. The maximum atomic E-state index is 11.7. The Balaban J connectivity index is 2.69. The highest BCUT2D eigenvalue weighted by Gasteiger charge is 2.18. The summed E-state index contributed by atoms with van der Waals surface area (Å²) in [6.07, 6.45) is 2.86. The monoisotopic (exact) mass is 264 g/mol. The van der Waals surface area contributed by atoms with E-state index in [0.717, 1.165) is 30.6 Å². The van der Waals surface area contributed by atoms with E-state index in [2.05, 4.69) is 12.2 Å². The van der Waals surface area contributed by atoms with Crippen LogP contribution in [0.25, 0.3) is 0 Å². The molecule has 1 unspecified atom stereocenters. The Morgan fingerprint density at radius 3 is 2.42 bits per heavy atom. The molecule has 0 radical (unpaired) electrons. The van der Waals surface area contributed by atoms with Gasteiger partial charge in [0.2, 0.25) is 0 Å². The Bertz CT molecular complexity index is 388. The zero-order chi connectivity index (χ0) is 14.3. The molecule has 0 saturated heterocycles. The first-order valence-electron chi connectivity index (χ1n) is 6.70. The SMILES string of the molecule is CCCCC(Nc1ccc(N(C)C)cc1)C(=O)OC. The number of carbonyl (C=O) groups is 1. The first-order valence-corrected chi connectivity index (χ1v) is 6.70. The van der Waals surface area contributed by atoms with Crippen LogP contribution >= 0.6 is 0 Å². The number of anilines is 2. The zero-order valence-corrected chi connectivity index (χ0v) is 12.3. The van der Waals surface area contributed by atoms with E-state index in [-0.39, 0.29) is 12.0 Å². The van der Waals surface area contributed by atoms with Crippen molar-refractivity contribution < 1.29 is 9.53 Å². The van der Waals surface area contributed by atoms with Gasteiger partial charge >= 0.3 is 5.97 Å². The minimum atomic E-state index is -0.268. The summed E-state index contributed by atoms with van der Waals surface area (Å²) in [6, 6.07) is 7.75. The first kappa shape index (κ1) is 15.3. The Morgan fingerprint density at radius 2 is 1.95 bits per heavy atom. The summed E-state index contributed by atoms with van der Waals surface area (Å²) >= 11 is 0. The molecular weight excluding hydrogens is 240 g/mol. The van der Waals surface area contributed by atoms with E-state index in [0.29, 0.717) is 0 Å². The molecule has 0 aliphatic carbocycles. The fourth-order valence-electron chi connectivity index (χ4n) is 1.86. The number of rotatable bonds is 7. The van der Waals surface area contributed by atoms with Gasteiger partial charge in [0.05, 0.1) is 7.11 Å². The smallest absolute Gasteiger partial charge is 0.328 e. The van der Waals surface area contributed by atoms with Crippen molar-refractivity contribution in [2.75, 3.05) is 31.4 Å². The number of unbranched alkanes of at least 4 members (excludes halogenated alkanes) is 1. The Kier molecular flexibility index (Phi) is 6.19. The van der Waals surface area contributed by atoms with Crippen molar-refractivity contribution >= 4 is 17.3 Å². The van der Waals surface area contributed by atoms with E-state index in [9.17, 15) is 4.79 Å². The molecule has 1 aromatic carbocycles. The molecule has 0 amide bonds. The normalized spacial score (nSPS) is 11.8. The van der Waals surface area contributed by atoms with Crippen molar-refractivity contribution in [3.05, 3.63) is 24.3 Å². The fraction of sp³-hybridized carbons (Fsp3) is 0.533. The number of benzene rings is 1. The molecule has 1 N–H and O–H groups in total. The van der Waals surface area contributed by atoms with Crippen LogP contribution in [-0.2, 0) is 9.53 Å². The molecule has 106 valence electrons. The van der Waals surface area contributed by atoms with Crippen molar-refractivity contribution in [3.8, 4) is 0 Å². The second kappa shape index (κ2) is 7.67. The van der Waals surface area contributed by atoms with Crippen LogP contribution in [0, 0.1) is 0 Å². The number of nitrogens with one attached hydrogen (secondary N) is 1. The van der Waals surface area contributed by atoms with Crippen molar-refractivity contribution in [3.63, 3.8) is 0 Å². The second-order valence-electron chi connectivity index (χ2n) is 4.80. The van der Waals surface area contributed by atoms with Crippen LogP contribution in [0.2, 0.25) is 0 Å². The fourth-order valence-corrected chi connectivity index (χ4v) is 1.86. The Hall–Kier alpha value is -1.71. The molecule has 0 aliphatic heterocycles. The largest absolute Gasteiger partial charge is 0.467 e. The lowest BCUT2D eigenvalue weighted by molar-refractivity contribution is -0.141. The molecule has 0 spiro atoms. The lowest BCUT2D eigenvalue weighted by Crippen LogP contribution is -2.30. The highest BCUT2D eigenvalue weighted by Crippen LogP contribution is 2.18. The Labute approximate surface area is 115 Å². The molecule has 4 heteroatoms. The van der Waals surface area contributed by atoms with Gasteiger partial charge in [-0.15, -0.1) is 0 Å². The summed E-state index contributed by atoms with van der Waals surface area (Å²) in [4.78, 5) is 13.7. The molecule has 19 heavy (non-hydrogen) atoms. The van der Waals surface area contributed by atoms with Gasteiger partial charge in [-0.25, -0.2) is 4.79 Å². The van der Waals surface area contributed by atoms with Crippen molar-refractivity contribution in [2.45, 2.75) is 32.2 Å². The van der Waals surface area contributed by atoms with Gasteiger partial charge in [-0.05, 0) is 30.7 Å². The molecule has 0 aromatic heterocycles. The average molecular weight is 264 g/mol. The average Bonchev–Trinajstić information content (AvgIpc) is 2.43. The summed E-state index contributed by atoms with van der Waals surface area (Å²) in [5.41, 5.74) is 2.07. The first-order chi connectivity index (χ1) is 9.08. The number of ether oxygens (including phenoxy) is 1. The topological polar surface area (TPSA) is 41.6 Å². The number of esters is 1. The van der Waals surface area contributed by atoms with Crippen molar-refractivity contribution in [2.24, 2.45) is 0 Å². The zero-order valence-electron chi connectivity index (χ0n) is 12.3. The number of carbonyl (C=O) groups excluding carboxylic acids is 1. The second-order valence-corrected chi connectivity index (χ2v) is 4.80. The summed E-state index contributed by atoms with van der Waals surface area (Å²) < 4.78 is 4.83.